The molecule has 0 saturated heterocycles. The van der Waals surface area contributed by atoms with Gasteiger partial charge in [-0.3, -0.25) is 5.10 Å². The molecule has 3 rings (SSSR count). The third-order valence-electron chi connectivity index (χ3n) is 3.11. The highest BCUT2D eigenvalue weighted by molar-refractivity contribution is 9.10. The Kier molecular flexibility index (Phi) is 3.69. The van der Waals surface area contributed by atoms with Crippen LogP contribution in [0.25, 0.3) is 0 Å². The van der Waals surface area contributed by atoms with Gasteiger partial charge in [-0.15, -0.1) is 0 Å². The summed E-state index contributed by atoms with van der Waals surface area (Å²) in [6, 6.07) is 3.39. The Morgan fingerprint density at radius 2 is 1.89 bits per heavy atom. The fourth-order valence-electron chi connectivity index (χ4n) is 2.31. The summed E-state index contributed by atoms with van der Waals surface area (Å²) in [6.45, 7) is 0.825. The molecule has 100 valence electrons. The van der Waals surface area contributed by atoms with Gasteiger partial charge in [0.25, 0.3) is 0 Å². The maximum atomic E-state index is 6.28. The van der Waals surface area contributed by atoms with Gasteiger partial charge < -0.3 is 4.90 Å². The van der Waals surface area contributed by atoms with Crippen LogP contribution in [0.1, 0.15) is 12.0 Å². The van der Waals surface area contributed by atoms with Gasteiger partial charge in [0, 0.05) is 17.1 Å². The minimum Gasteiger partial charge on any atom is -0.322 e. The molecule has 1 aromatic carbocycles. The van der Waals surface area contributed by atoms with Gasteiger partial charge >= 0.3 is 0 Å². The normalized spacial score (nSPS) is 14.6. The van der Waals surface area contributed by atoms with Crippen molar-refractivity contribution in [2.75, 3.05) is 11.4 Å². The van der Waals surface area contributed by atoms with Crippen LogP contribution in [0.15, 0.2) is 16.7 Å². The number of hydrogen-bond donors (Lipinski definition) is 1. The molecule has 0 saturated carbocycles. The largest absolute Gasteiger partial charge is 0.322 e. The molecule has 0 unspecified atom stereocenters. The standard InChI is InChI=1S/C12H9BrCl3N3/c13-11-7-2-1-3-19(12(7)18-17-11)10-8(15)4-6(14)5-9(10)16/h4-5H,1-3H2,(H,17,18). The number of hydrogen-bond acceptors (Lipinski definition) is 2. The lowest BCUT2D eigenvalue weighted by Crippen LogP contribution is -2.25. The predicted molar refractivity (Wildman–Crippen MR) is 83.1 cm³/mol. The van der Waals surface area contributed by atoms with E-state index in [0.29, 0.717) is 15.1 Å². The van der Waals surface area contributed by atoms with Crippen LogP contribution in [0.5, 0.6) is 0 Å². The molecule has 3 nitrogen and oxygen atoms in total. The van der Waals surface area contributed by atoms with Crippen molar-refractivity contribution in [2.24, 2.45) is 0 Å². The zero-order valence-electron chi connectivity index (χ0n) is 9.68. The Balaban J connectivity index is 2.14. The van der Waals surface area contributed by atoms with Gasteiger partial charge in [0.15, 0.2) is 5.82 Å². The maximum Gasteiger partial charge on any atom is 0.159 e. The number of nitrogens with zero attached hydrogens (tertiary/aromatic N) is 2. The quantitative estimate of drug-likeness (QED) is 0.735. The topological polar surface area (TPSA) is 31.9 Å². The van der Waals surface area contributed by atoms with Gasteiger partial charge in [-0.2, -0.15) is 5.10 Å². The predicted octanol–water partition coefficient (Wildman–Crippen LogP) is 5.22. The molecule has 2 heterocycles. The van der Waals surface area contributed by atoms with E-state index in [2.05, 4.69) is 26.1 Å². The van der Waals surface area contributed by atoms with E-state index in [1.54, 1.807) is 12.1 Å². The summed E-state index contributed by atoms with van der Waals surface area (Å²) in [7, 11) is 0. The molecule has 0 radical (unpaired) electrons. The fraction of sp³-hybridized carbons (Fsp3) is 0.250. The molecule has 0 fully saturated rings. The summed E-state index contributed by atoms with van der Waals surface area (Å²) in [4.78, 5) is 2.03. The summed E-state index contributed by atoms with van der Waals surface area (Å²) in [5.74, 6) is 0.865. The summed E-state index contributed by atoms with van der Waals surface area (Å²) < 4.78 is 0.911. The second-order valence-electron chi connectivity index (χ2n) is 4.31. The highest BCUT2D eigenvalue weighted by Crippen LogP contribution is 2.43. The molecular weight excluding hydrogens is 372 g/mol. The van der Waals surface area contributed by atoms with Crippen molar-refractivity contribution >= 4 is 62.2 Å². The zero-order chi connectivity index (χ0) is 13.6. The minimum absolute atomic E-state index is 0.527. The number of nitrogens with one attached hydrogen (secondary N) is 1. The third kappa shape index (κ3) is 2.35. The van der Waals surface area contributed by atoms with E-state index in [4.69, 9.17) is 34.8 Å². The first-order valence-corrected chi connectivity index (χ1v) is 7.65. The lowest BCUT2D eigenvalue weighted by Gasteiger charge is -2.29. The molecule has 0 aliphatic carbocycles. The van der Waals surface area contributed by atoms with Crippen molar-refractivity contribution in [3.63, 3.8) is 0 Å². The number of anilines is 2. The average Bonchev–Trinajstić information content (AvgIpc) is 2.71. The number of aromatic nitrogens is 2. The molecule has 0 spiro atoms. The smallest absolute Gasteiger partial charge is 0.159 e. The number of rotatable bonds is 1. The Morgan fingerprint density at radius 1 is 1.21 bits per heavy atom. The summed E-state index contributed by atoms with van der Waals surface area (Å²) >= 11 is 22.0. The lowest BCUT2D eigenvalue weighted by atomic mass is 10.1. The van der Waals surface area contributed by atoms with Crippen LogP contribution in [-0.2, 0) is 6.42 Å². The molecule has 0 atom stereocenters. The van der Waals surface area contributed by atoms with E-state index in [0.717, 1.165) is 41.1 Å². The van der Waals surface area contributed by atoms with Crippen molar-refractivity contribution in [1.29, 1.82) is 0 Å². The molecule has 7 heteroatoms. The first-order chi connectivity index (χ1) is 9.08. The lowest BCUT2D eigenvalue weighted by molar-refractivity contribution is 0.760. The summed E-state index contributed by atoms with van der Waals surface area (Å²) in [5, 5.41) is 8.86. The zero-order valence-corrected chi connectivity index (χ0v) is 13.5. The molecule has 0 amide bonds. The molecule has 1 aliphatic heterocycles. The van der Waals surface area contributed by atoms with Crippen molar-refractivity contribution in [1.82, 2.24) is 10.2 Å². The van der Waals surface area contributed by atoms with E-state index < -0.39 is 0 Å². The number of benzene rings is 1. The van der Waals surface area contributed by atoms with Gasteiger partial charge in [-0.05, 0) is 40.9 Å². The SMILES string of the molecule is Clc1cc(Cl)c(N2CCCc3c2n[nH]c3Br)c(Cl)c1. The van der Waals surface area contributed by atoms with Gasteiger partial charge in [0.2, 0.25) is 0 Å². The van der Waals surface area contributed by atoms with Gasteiger partial charge in [0.05, 0.1) is 15.7 Å². The van der Waals surface area contributed by atoms with E-state index in [9.17, 15) is 0 Å². The Morgan fingerprint density at radius 3 is 2.58 bits per heavy atom. The highest BCUT2D eigenvalue weighted by atomic mass is 79.9. The molecule has 0 bridgehead atoms. The van der Waals surface area contributed by atoms with Crippen LogP contribution in [0, 0.1) is 0 Å². The molecular formula is C12H9BrCl3N3. The fourth-order valence-corrected chi connectivity index (χ4v) is 3.80. The Hall–Kier alpha value is -0.420. The Labute approximate surface area is 134 Å². The van der Waals surface area contributed by atoms with E-state index >= 15 is 0 Å². The third-order valence-corrected chi connectivity index (χ3v) is 4.56. The molecule has 1 aromatic heterocycles. The van der Waals surface area contributed by atoms with Crippen molar-refractivity contribution in [3.05, 3.63) is 37.4 Å². The van der Waals surface area contributed by atoms with Crippen molar-refractivity contribution in [3.8, 4) is 0 Å². The van der Waals surface area contributed by atoms with Crippen LogP contribution in [0.4, 0.5) is 11.5 Å². The number of halogens is 4. The van der Waals surface area contributed by atoms with Crippen molar-refractivity contribution in [2.45, 2.75) is 12.8 Å². The van der Waals surface area contributed by atoms with E-state index in [1.807, 2.05) is 4.90 Å². The number of H-pyrrole nitrogens is 1. The van der Waals surface area contributed by atoms with E-state index in [1.165, 1.54) is 0 Å². The second-order valence-corrected chi connectivity index (χ2v) is 6.36. The first kappa shape index (κ1) is 13.6. The minimum atomic E-state index is 0.527. The van der Waals surface area contributed by atoms with Crippen molar-refractivity contribution < 1.29 is 0 Å². The van der Waals surface area contributed by atoms with Crippen LogP contribution in [-0.4, -0.2) is 16.7 Å². The van der Waals surface area contributed by atoms with E-state index in [-0.39, 0.29) is 0 Å². The van der Waals surface area contributed by atoms with Gasteiger partial charge in [-0.25, -0.2) is 0 Å². The number of fused-ring (bicyclic) bond motifs is 1. The first-order valence-electron chi connectivity index (χ1n) is 5.72. The molecule has 1 N–H and O–H groups in total. The van der Waals surface area contributed by atoms with Crippen LogP contribution < -0.4 is 4.90 Å². The second kappa shape index (κ2) is 5.17. The average molecular weight is 381 g/mol. The monoisotopic (exact) mass is 379 g/mol. The Bertz CT molecular complexity index is 618. The van der Waals surface area contributed by atoms with Gasteiger partial charge in [0.1, 0.15) is 4.60 Å². The molecule has 1 aliphatic rings. The number of aromatic amines is 1. The molecule has 2 aromatic rings. The van der Waals surface area contributed by atoms with Crippen LogP contribution in [0.3, 0.4) is 0 Å². The van der Waals surface area contributed by atoms with Crippen LogP contribution >= 0.6 is 50.7 Å². The highest BCUT2D eigenvalue weighted by Gasteiger charge is 2.26. The van der Waals surface area contributed by atoms with Crippen LogP contribution in [0.2, 0.25) is 15.1 Å². The summed E-state index contributed by atoms with van der Waals surface area (Å²) in [6.07, 6.45) is 1.99. The maximum absolute atomic E-state index is 6.28. The molecule has 19 heavy (non-hydrogen) atoms. The summed E-state index contributed by atoms with van der Waals surface area (Å²) in [5.41, 5.74) is 1.90. The van der Waals surface area contributed by atoms with Gasteiger partial charge in [-0.1, -0.05) is 34.8 Å².